The van der Waals surface area contributed by atoms with Crippen molar-refractivity contribution in [1.82, 2.24) is 5.32 Å². The van der Waals surface area contributed by atoms with Gasteiger partial charge in [-0.1, -0.05) is 30.3 Å². The van der Waals surface area contributed by atoms with Crippen LogP contribution in [0.15, 0.2) is 48.5 Å². The SMILES string of the molecule is Fc1ccccc1N1c2ccccc2C2CNCCC21. The fraction of sp³-hybridized carbons (Fsp3) is 0.294. The van der Waals surface area contributed by atoms with E-state index in [1.165, 1.54) is 5.56 Å². The number of fused-ring (bicyclic) bond motifs is 3. The molecule has 1 fully saturated rings. The fourth-order valence-electron chi connectivity index (χ4n) is 3.63. The highest BCUT2D eigenvalue weighted by atomic mass is 19.1. The zero-order valence-corrected chi connectivity index (χ0v) is 11.2. The monoisotopic (exact) mass is 268 g/mol. The lowest BCUT2D eigenvalue weighted by Crippen LogP contribution is -2.42. The van der Waals surface area contributed by atoms with Gasteiger partial charge in [-0.05, 0) is 36.7 Å². The van der Waals surface area contributed by atoms with Crippen molar-refractivity contribution in [2.45, 2.75) is 18.4 Å². The van der Waals surface area contributed by atoms with E-state index in [4.69, 9.17) is 0 Å². The van der Waals surface area contributed by atoms with Gasteiger partial charge in [-0.25, -0.2) is 4.39 Å². The van der Waals surface area contributed by atoms with E-state index >= 15 is 0 Å². The maximum atomic E-state index is 14.2. The summed E-state index contributed by atoms with van der Waals surface area (Å²) in [5, 5.41) is 3.46. The first-order chi connectivity index (χ1) is 9.86. The Morgan fingerprint density at radius 2 is 1.75 bits per heavy atom. The van der Waals surface area contributed by atoms with Gasteiger partial charge in [0.1, 0.15) is 5.82 Å². The maximum Gasteiger partial charge on any atom is 0.146 e. The molecular formula is C17H17FN2. The Morgan fingerprint density at radius 3 is 2.60 bits per heavy atom. The van der Waals surface area contributed by atoms with Crippen LogP contribution in [0.4, 0.5) is 15.8 Å². The molecule has 20 heavy (non-hydrogen) atoms. The average Bonchev–Trinajstić information content (AvgIpc) is 2.83. The Balaban J connectivity index is 1.88. The van der Waals surface area contributed by atoms with Crippen LogP contribution in [-0.4, -0.2) is 19.1 Å². The normalized spacial score (nSPS) is 24.4. The van der Waals surface area contributed by atoms with Gasteiger partial charge >= 0.3 is 0 Å². The molecule has 2 heterocycles. The molecule has 0 saturated carbocycles. The summed E-state index contributed by atoms with van der Waals surface area (Å²) in [6, 6.07) is 15.9. The summed E-state index contributed by atoms with van der Waals surface area (Å²) in [6.07, 6.45) is 1.05. The van der Waals surface area contributed by atoms with Gasteiger partial charge in [0.05, 0.1) is 5.69 Å². The molecule has 4 rings (SSSR count). The second-order valence-corrected chi connectivity index (χ2v) is 5.55. The van der Waals surface area contributed by atoms with Crippen LogP contribution in [0.2, 0.25) is 0 Å². The second kappa shape index (κ2) is 4.60. The maximum absolute atomic E-state index is 14.2. The highest BCUT2D eigenvalue weighted by Gasteiger charge is 2.40. The van der Waals surface area contributed by atoms with Gasteiger partial charge in [-0.15, -0.1) is 0 Å². The number of hydrogen-bond acceptors (Lipinski definition) is 2. The van der Waals surface area contributed by atoms with E-state index in [1.54, 1.807) is 12.1 Å². The molecule has 0 spiro atoms. The zero-order valence-electron chi connectivity index (χ0n) is 11.2. The molecule has 1 N–H and O–H groups in total. The van der Waals surface area contributed by atoms with Crippen molar-refractivity contribution in [3.63, 3.8) is 0 Å². The molecule has 2 unspecified atom stereocenters. The smallest absolute Gasteiger partial charge is 0.146 e. The Kier molecular flexibility index (Phi) is 2.74. The topological polar surface area (TPSA) is 15.3 Å². The number of piperidine rings is 1. The number of para-hydroxylation sites is 2. The molecule has 2 aliphatic rings. The van der Waals surface area contributed by atoms with Crippen LogP contribution in [0.3, 0.4) is 0 Å². The molecule has 0 aliphatic carbocycles. The summed E-state index contributed by atoms with van der Waals surface area (Å²) < 4.78 is 14.2. The van der Waals surface area contributed by atoms with E-state index in [-0.39, 0.29) is 5.82 Å². The molecule has 1 saturated heterocycles. The molecule has 2 atom stereocenters. The first-order valence-electron chi connectivity index (χ1n) is 7.19. The van der Waals surface area contributed by atoms with Gasteiger partial charge in [-0.3, -0.25) is 0 Å². The second-order valence-electron chi connectivity index (χ2n) is 5.55. The van der Waals surface area contributed by atoms with Crippen LogP contribution < -0.4 is 10.2 Å². The van der Waals surface area contributed by atoms with Crippen LogP contribution in [0.1, 0.15) is 17.9 Å². The zero-order chi connectivity index (χ0) is 13.5. The lowest BCUT2D eigenvalue weighted by Gasteiger charge is -2.34. The largest absolute Gasteiger partial charge is 0.335 e. The van der Waals surface area contributed by atoms with Crippen LogP contribution in [-0.2, 0) is 0 Å². The molecular weight excluding hydrogens is 251 g/mol. The molecule has 102 valence electrons. The average molecular weight is 268 g/mol. The molecule has 0 radical (unpaired) electrons. The van der Waals surface area contributed by atoms with Gasteiger partial charge in [0.2, 0.25) is 0 Å². The lowest BCUT2D eigenvalue weighted by molar-refractivity contribution is 0.417. The third-order valence-electron chi connectivity index (χ3n) is 4.48. The molecule has 2 aromatic carbocycles. The van der Waals surface area contributed by atoms with E-state index in [9.17, 15) is 4.39 Å². The summed E-state index contributed by atoms with van der Waals surface area (Å²) in [5.74, 6) is 0.320. The van der Waals surface area contributed by atoms with E-state index in [2.05, 4.69) is 28.4 Å². The highest BCUT2D eigenvalue weighted by molar-refractivity contribution is 5.73. The van der Waals surface area contributed by atoms with Gasteiger partial charge in [0.25, 0.3) is 0 Å². The molecule has 2 nitrogen and oxygen atoms in total. The van der Waals surface area contributed by atoms with E-state index in [1.807, 2.05) is 18.2 Å². The van der Waals surface area contributed by atoms with Crippen molar-refractivity contribution in [3.8, 4) is 0 Å². The Morgan fingerprint density at radius 1 is 1.00 bits per heavy atom. The third kappa shape index (κ3) is 1.66. The summed E-state index contributed by atoms with van der Waals surface area (Å²) in [4.78, 5) is 2.20. The van der Waals surface area contributed by atoms with Gasteiger partial charge in [0, 0.05) is 24.2 Å². The van der Waals surface area contributed by atoms with Crippen LogP contribution in [0.25, 0.3) is 0 Å². The van der Waals surface area contributed by atoms with E-state index in [0.29, 0.717) is 17.6 Å². The Bertz CT molecular complexity index is 640. The number of halogens is 1. The standard InChI is InChI=1S/C17H17FN2/c18-14-6-2-4-8-17(14)20-15-7-3-1-5-12(15)13-11-19-10-9-16(13)20/h1-8,13,16,19H,9-11H2. The molecule has 2 aliphatic heterocycles. The number of anilines is 2. The van der Waals surface area contributed by atoms with Gasteiger partial charge < -0.3 is 10.2 Å². The molecule has 3 heteroatoms. The van der Waals surface area contributed by atoms with Crippen molar-refractivity contribution in [3.05, 3.63) is 59.9 Å². The van der Waals surface area contributed by atoms with Crippen molar-refractivity contribution < 1.29 is 4.39 Å². The van der Waals surface area contributed by atoms with Crippen molar-refractivity contribution in [1.29, 1.82) is 0 Å². The van der Waals surface area contributed by atoms with Crippen LogP contribution in [0.5, 0.6) is 0 Å². The van der Waals surface area contributed by atoms with Gasteiger partial charge in [-0.2, -0.15) is 0 Å². The number of nitrogens with one attached hydrogen (secondary N) is 1. The predicted octanol–water partition coefficient (Wildman–Crippen LogP) is 3.42. The minimum absolute atomic E-state index is 0.138. The summed E-state index contributed by atoms with van der Waals surface area (Å²) >= 11 is 0. The molecule has 2 aromatic rings. The summed E-state index contributed by atoms with van der Waals surface area (Å²) in [7, 11) is 0. The van der Waals surface area contributed by atoms with Crippen molar-refractivity contribution >= 4 is 11.4 Å². The lowest BCUT2D eigenvalue weighted by atomic mass is 9.90. The van der Waals surface area contributed by atoms with E-state index < -0.39 is 0 Å². The van der Waals surface area contributed by atoms with Crippen molar-refractivity contribution in [2.75, 3.05) is 18.0 Å². The minimum atomic E-state index is -0.138. The van der Waals surface area contributed by atoms with Crippen molar-refractivity contribution in [2.24, 2.45) is 0 Å². The first kappa shape index (κ1) is 11.9. The quantitative estimate of drug-likeness (QED) is 0.852. The predicted molar refractivity (Wildman–Crippen MR) is 79.0 cm³/mol. The minimum Gasteiger partial charge on any atom is -0.335 e. The van der Waals surface area contributed by atoms with Crippen LogP contribution >= 0.6 is 0 Å². The summed E-state index contributed by atoms with van der Waals surface area (Å²) in [5.41, 5.74) is 3.21. The molecule has 0 amide bonds. The van der Waals surface area contributed by atoms with Crippen LogP contribution in [0, 0.1) is 5.82 Å². The first-order valence-corrected chi connectivity index (χ1v) is 7.19. The number of nitrogens with zero attached hydrogens (tertiary/aromatic N) is 1. The molecule has 0 aromatic heterocycles. The van der Waals surface area contributed by atoms with E-state index in [0.717, 1.165) is 25.2 Å². The number of hydrogen-bond donors (Lipinski definition) is 1. The third-order valence-corrected chi connectivity index (χ3v) is 4.48. The number of benzene rings is 2. The Hall–Kier alpha value is -1.87. The Labute approximate surface area is 118 Å². The number of rotatable bonds is 1. The highest BCUT2D eigenvalue weighted by Crippen LogP contribution is 2.47. The fourth-order valence-corrected chi connectivity index (χ4v) is 3.63. The molecule has 0 bridgehead atoms. The van der Waals surface area contributed by atoms with Gasteiger partial charge in [0.15, 0.2) is 0 Å². The summed E-state index contributed by atoms with van der Waals surface area (Å²) in [6.45, 7) is 1.98.